The van der Waals surface area contributed by atoms with E-state index in [1.165, 1.54) is 12.1 Å². The molecule has 2 unspecified atom stereocenters. The second-order valence-electron chi connectivity index (χ2n) is 7.34. The Bertz CT molecular complexity index is 685. The number of carbonyl (C=O) groups is 2. The van der Waals surface area contributed by atoms with Crippen molar-refractivity contribution in [1.82, 2.24) is 15.5 Å². The first-order valence-electron chi connectivity index (χ1n) is 9.55. The number of rotatable bonds is 6. The molecule has 3 rings (SSSR count). The number of piperidine rings is 1. The van der Waals surface area contributed by atoms with E-state index in [1.54, 1.807) is 12.1 Å². The van der Waals surface area contributed by atoms with Crippen molar-refractivity contribution in [3.63, 3.8) is 0 Å². The number of hydrogen-bond acceptors (Lipinski definition) is 5. The molecule has 0 aromatic heterocycles. The lowest BCUT2D eigenvalue weighted by molar-refractivity contribution is -0.384. The Morgan fingerprint density at radius 3 is 2.67 bits per heavy atom. The lowest BCUT2D eigenvalue weighted by Gasteiger charge is -2.33. The highest BCUT2D eigenvalue weighted by molar-refractivity contribution is 5.82. The first-order chi connectivity index (χ1) is 13.0. The molecule has 8 heteroatoms. The monoisotopic (exact) mass is 374 g/mol. The van der Waals surface area contributed by atoms with Crippen LogP contribution in [0.15, 0.2) is 24.3 Å². The molecular weight excluding hydrogens is 348 g/mol. The molecule has 0 spiro atoms. The third-order valence-electron chi connectivity index (χ3n) is 5.32. The number of benzene rings is 1. The first-order valence-corrected chi connectivity index (χ1v) is 9.55. The largest absolute Gasteiger partial charge is 0.354 e. The van der Waals surface area contributed by atoms with E-state index >= 15 is 0 Å². The smallest absolute Gasteiger partial charge is 0.269 e. The van der Waals surface area contributed by atoms with Crippen LogP contribution in [0.3, 0.4) is 0 Å². The number of nitro benzene ring substituents is 1. The molecule has 2 atom stereocenters. The normalized spacial score (nSPS) is 22.4. The van der Waals surface area contributed by atoms with Crippen LogP contribution >= 0.6 is 0 Å². The topological polar surface area (TPSA) is 105 Å². The van der Waals surface area contributed by atoms with Gasteiger partial charge in [0.2, 0.25) is 11.8 Å². The van der Waals surface area contributed by atoms with Gasteiger partial charge in [0, 0.05) is 31.8 Å². The highest BCUT2D eigenvalue weighted by Gasteiger charge is 2.26. The van der Waals surface area contributed by atoms with Crippen LogP contribution in [0.5, 0.6) is 0 Å². The SMILES string of the molecule is O=C(NCC1CCCN(C(=O)Cc2ccc([N+](=O)[O-])cc2)C1)C1CCCN1. The van der Waals surface area contributed by atoms with Gasteiger partial charge >= 0.3 is 0 Å². The highest BCUT2D eigenvalue weighted by atomic mass is 16.6. The fourth-order valence-corrected chi connectivity index (χ4v) is 3.76. The number of nitrogens with zero attached hydrogens (tertiary/aromatic N) is 2. The first kappa shape index (κ1) is 19.3. The fraction of sp³-hybridized carbons (Fsp3) is 0.579. The van der Waals surface area contributed by atoms with Gasteiger partial charge in [-0.3, -0.25) is 19.7 Å². The Morgan fingerprint density at radius 2 is 2.00 bits per heavy atom. The maximum absolute atomic E-state index is 12.6. The molecule has 1 aromatic rings. The minimum Gasteiger partial charge on any atom is -0.354 e. The zero-order valence-electron chi connectivity index (χ0n) is 15.4. The van der Waals surface area contributed by atoms with E-state index in [9.17, 15) is 19.7 Å². The van der Waals surface area contributed by atoms with Crippen LogP contribution in [0.25, 0.3) is 0 Å². The molecule has 1 aromatic carbocycles. The van der Waals surface area contributed by atoms with Crippen LogP contribution in [0.2, 0.25) is 0 Å². The van der Waals surface area contributed by atoms with Crippen LogP contribution in [0.4, 0.5) is 5.69 Å². The van der Waals surface area contributed by atoms with Crippen LogP contribution in [-0.2, 0) is 16.0 Å². The Hall–Kier alpha value is -2.48. The molecule has 27 heavy (non-hydrogen) atoms. The number of amides is 2. The summed E-state index contributed by atoms with van der Waals surface area (Å²) in [6.45, 7) is 2.86. The van der Waals surface area contributed by atoms with Gasteiger partial charge in [-0.15, -0.1) is 0 Å². The van der Waals surface area contributed by atoms with E-state index in [0.29, 0.717) is 13.1 Å². The lowest BCUT2D eigenvalue weighted by Crippen LogP contribution is -2.47. The molecule has 0 saturated carbocycles. The fourth-order valence-electron chi connectivity index (χ4n) is 3.76. The van der Waals surface area contributed by atoms with Crippen molar-refractivity contribution in [2.24, 2.45) is 5.92 Å². The summed E-state index contributed by atoms with van der Waals surface area (Å²) in [7, 11) is 0. The third kappa shape index (κ3) is 5.26. The predicted octanol–water partition coefficient (Wildman–Crippen LogP) is 1.24. The average molecular weight is 374 g/mol. The Balaban J connectivity index is 1.47. The molecule has 2 fully saturated rings. The molecular formula is C19H26N4O4. The van der Waals surface area contributed by atoms with Gasteiger partial charge in [-0.2, -0.15) is 0 Å². The van der Waals surface area contributed by atoms with Gasteiger partial charge in [-0.25, -0.2) is 0 Å². The van der Waals surface area contributed by atoms with Crippen LogP contribution in [-0.4, -0.2) is 53.9 Å². The summed E-state index contributed by atoms with van der Waals surface area (Å²) < 4.78 is 0. The zero-order chi connectivity index (χ0) is 19.2. The van der Waals surface area contributed by atoms with Gasteiger partial charge in [0.05, 0.1) is 17.4 Å². The molecule has 0 aliphatic carbocycles. The van der Waals surface area contributed by atoms with Crippen molar-refractivity contribution in [3.8, 4) is 0 Å². The van der Waals surface area contributed by atoms with Crippen molar-refractivity contribution in [3.05, 3.63) is 39.9 Å². The van der Waals surface area contributed by atoms with Gasteiger partial charge in [0.25, 0.3) is 5.69 Å². The number of nitro groups is 1. The van der Waals surface area contributed by atoms with E-state index in [1.807, 2.05) is 4.90 Å². The molecule has 146 valence electrons. The van der Waals surface area contributed by atoms with Gasteiger partial charge in [-0.05, 0) is 43.7 Å². The Kier molecular flexibility index (Phi) is 6.39. The predicted molar refractivity (Wildman–Crippen MR) is 100 cm³/mol. The standard InChI is InChI=1S/C19H26N4O4/c24-18(11-14-5-7-16(8-6-14)23(26)27)22-10-2-3-15(13-22)12-21-19(25)17-4-1-9-20-17/h5-8,15,17,20H,1-4,9-13H2,(H,21,25). The molecule has 8 nitrogen and oxygen atoms in total. The Morgan fingerprint density at radius 1 is 1.22 bits per heavy atom. The zero-order valence-corrected chi connectivity index (χ0v) is 15.4. The van der Waals surface area contributed by atoms with E-state index in [0.717, 1.165) is 44.3 Å². The number of likely N-dealkylation sites (tertiary alicyclic amines) is 1. The summed E-state index contributed by atoms with van der Waals surface area (Å²) in [5, 5.41) is 16.9. The van der Waals surface area contributed by atoms with Gasteiger partial charge in [-0.1, -0.05) is 12.1 Å². The van der Waals surface area contributed by atoms with Gasteiger partial charge in [0.1, 0.15) is 0 Å². The average Bonchev–Trinajstić information content (AvgIpc) is 3.21. The van der Waals surface area contributed by atoms with Crippen LogP contribution < -0.4 is 10.6 Å². The Labute approximate surface area is 158 Å². The molecule has 2 aliphatic rings. The van der Waals surface area contributed by atoms with Crippen molar-refractivity contribution in [1.29, 1.82) is 0 Å². The summed E-state index contributed by atoms with van der Waals surface area (Å²) in [4.78, 5) is 36.8. The summed E-state index contributed by atoms with van der Waals surface area (Å²) in [6, 6.07) is 6.04. The van der Waals surface area contributed by atoms with Gasteiger partial charge < -0.3 is 15.5 Å². The second-order valence-corrected chi connectivity index (χ2v) is 7.34. The third-order valence-corrected chi connectivity index (χ3v) is 5.32. The summed E-state index contributed by atoms with van der Waals surface area (Å²) in [5.41, 5.74) is 0.796. The maximum atomic E-state index is 12.6. The molecule has 0 bridgehead atoms. The number of nitrogens with one attached hydrogen (secondary N) is 2. The molecule has 2 saturated heterocycles. The van der Waals surface area contributed by atoms with E-state index in [2.05, 4.69) is 10.6 Å². The summed E-state index contributed by atoms with van der Waals surface area (Å²) in [5.74, 6) is 0.351. The van der Waals surface area contributed by atoms with Crippen molar-refractivity contribution < 1.29 is 14.5 Å². The molecule has 2 heterocycles. The minimum atomic E-state index is -0.448. The molecule has 2 aliphatic heterocycles. The van der Waals surface area contributed by atoms with E-state index in [-0.39, 0.29) is 35.9 Å². The highest BCUT2D eigenvalue weighted by Crippen LogP contribution is 2.18. The second kappa shape index (κ2) is 8.94. The van der Waals surface area contributed by atoms with E-state index < -0.39 is 4.92 Å². The van der Waals surface area contributed by atoms with Crippen LogP contribution in [0.1, 0.15) is 31.2 Å². The molecule has 2 amide bonds. The summed E-state index contributed by atoms with van der Waals surface area (Å²) >= 11 is 0. The van der Waals surface area contributed by atoms with Crippen molar-refractivity contribution in [2.45, 2.75) is 38.1 Å². The molecule has 2 N–H and O–H groups in total. The van der Waals surface area contributed by atoms with Crippen LogP contribution in [0, 0.1) is 16.0 Å². The van der Waals surface area contributed by atoms with E-state index in [4.69, 9.17) is 0 Å². The lowest BCUT2D eigenvalue weighted by atomic mass is 9.97. The minimum absolute atomic E-state index is 0.0247. The number of hydrogen-bond donors (Lipinski definition) is 2. The van der Waals surface area contributed by atoms with Gasteiger partial charge in [0.15, 0.2) is 0 Å². The maximum Gasteiger partial charge on any atom is 0.269 e. The van der Waals surface area contributed by atoms with Crippen molar-refractivity contribution >= 4 is 17.5 Å². The van der Waals surface area contributed by atoms with Crippen molar-refractivity contribution in [2.75, 3.05) is 26.2 Å². The molecule has 0 radical (unpaired) electrons. The number of non-ortho nitro benzene ring substituents is 1. The number of carbonyl (C=O) groups excluding carboxylic acids is 2. The quantitative estimate of drug-likeness (QED) is 0.576. The summed E-state index contributed by atoms with van der Waals surface area (Å²) in [6.07, 6.45) is 4.08.